The largest absolute Gasteiger partial charge is 0.370 e. The number of nitrogens with one attached hydrogen (secondary N) is 1. The number of hydrogen-bond donors (Lipinski definition) is 1. The first-order chi connectivity index (χ1) is 9.22. The Labute approximate surface area is 117 Å². The zero-order valence-electron chi connectivity index (χ0n) is 12.2. The quantitative estimate of drug-likeness (QED) is 0.889. The number of anilines is 1. The Morgan fingerprint density at radius 1 is 1.16 bits per heavy atom. The van der Waals surface area contributed by atoms with Gasteiger partial charge in [-0.25, -0.2) is 0 Å². The first kappa shape index (κ1) is 13.0. The summed E-state index contributed by atoms with van der Waals surface area (Å²) in [4.78, 5) is 2.56. The summed E-state index contributed by atoms with van der Waals surface area (Å²) in [6, 6.07) is 10.6. The van der Waals surface area contributed by atoms with Crippen molar-refractivity contribution in [2.24, 2.45) is 0 Å². The fraction of sp³-hybridized carbons (Fsp3) is 0.647. The average molecular weight is 258 g/mol. The van der Waals surface area contributed by atoms with Gasteiger partial charge in [0.2, 0.25) is 0 Å². The average Bonchev–Trinajstić information content (AvgIpc) is 3.23. The number of piperidine rings is 1. The van der Waals surface area contributed by atoms with Crippen LogP contribution < -0.4 is 10.2 Å². The second kappa shape index (κ2) is 5.54. The molecule has 0 radical (unpaired) electrons. The molecule has 2 heteroatoms. The van der Waals surface area contributed by atoms with Crippen LogP contribution in [0.5, 0.6) is 0 Å². The Morgan fingerprint density at radius 2 is 2.00 bits per heavy atom. The molecule has 1 atom stereocenters. The molecule has 19 heavy (non-hydrogen) atoms. The number of rotatable bonds is 4. The van der Waals surface area contributed by atoms with E-state index in [9.17, 15) is 0 Å². The van der Waals surface area contributed by atoms with Crippen molar-refractivity contribution in [1.29, 1.82) is 0 Å². The Bertz CT molecular complexity index is 423. The van der Waals surface area contributed by atoms with Crippen LogP contribution in [0.1, 0.15) is 51.0 Å². The predicted molar refractivity (Wildman–Crippen MR) is 81.9 cm³/mol. The van der Waals surface area contributed by atoms with Crippen molar-refractivity contribution in [2.45, 2.75) is 57.5 Å². The van der Waals surface area contributed by atoms with E-state index < -0.39 is 0 Å². The Kier molecular flexibility index (Phi) is 3.79. The third-order valence-electron chi connectivity index (χ3n) is 4.37. The van der Waals surface area contributed by atoms with Crippen LogP contribution in [-0.4, -0.2) is 25.2 Å². The van der Waals surface area contributed by atoms with E-state index in [1.165, 1.54) is 50.0 Å². The molecule has 0 aromatic heterocycles. The molecule has 0 bridgehead atoms. The molecule has 1 aromatic carbocycles. The fourth-order valence-electron chi connectivity index (χ4n) is 3.01. The van der Waals surface area contributed by atoms with Gasteiger partial charge < -0.3 is 10.2 Å². The summed E-state index contributed by atoms with van der Waals surface area (Å²) in [5.74, 6) is 0.616. The number of hydrogen-bond acceptors (Lipinski definition) is 2. The van der Waals surface area contributed by atoms with Gasteiger partial charge in [0.15, 0.2) is 0 Å². The van der Waals surface area contributed by atoms with Crippen LogP contribution in [0.3, 0.4) is 0 Å². The first-order valence-corrected chi connectivity index (χ1v) is 7.83. The lowest BCUT2D eigenvalue weighted by molar-refractivity contribution is 0.420. The summed E-state index contributed by atoms with van der Waals surface area (Å²) < 4.78 is 0. The third kappa shape index (κ3) is 3.30. The van der Waals surface area contributed by atoms with Crippen LogP contribution in [0.25, 0.3) is 0 Å². The Morgan fingerprint density at radius 3 is 2.74 bits per heavy atom. The minimum Gasteiger partial charge on any atom is -0.370 e. The molecule has 104 valence electrons. The van der Waals surface area contributed by atoms with E-state index in [0.717, 1.165) is 6.04 Å². The van der Waals surface area contributed by atoms with Gasteiger partial charge in [-0.2, -0.15) is 0 Å². The Hall–Kier alpha value is -1.02. The maximum absolute atomic E-state index is 3.79. The normalized spacial score (nSPS) is 23.9. The molecule has 1 unspecified atom stereocenters. The van der Waals surface area contributed by atoms with Crippen molar-refractivity contribution in [3.05, 3.63) is 29.8 Å². The summed E-state index contributed by atoms with van der Waals surface area (Å²) in [6.45, 7) is 6.93. The molecule has 3 rings (SSSR count). The molecule has 2 fully saturated rings. The second-order valence-corrected chi connectivity index (χ2v) is 6.48. The van der Waals surface area contributed by atoms with Gasteiger partial charge in [-0.15, -0.1) is 0 Å². The zero-order chi connectivity index (χ0) is 13.2. The van der Waals surface area contributed by atoms with Crippen molar-refractivity contribution >= 4 is 5.69 Å². The molecule has 0 spiro atoms. The van der Waals surface area contributed by atoms with Crippen molar-refractivity contribution in [1.82, 2.24) is 5.32 Å². The molecule has 1 N–H and O–H groups in total. The number of benzene rings is 1. The minimum atomic E-state index is 0.616. The van der Waals surface area contributed by atoms with E-state index in [0.29, 0.717) is 12.0 Å². The van der Waals surface area contributed by atoms with Gasteiger partial charge in [0.25, 0.3) is 0 Å². The van der Waals surface area contributed by atoms with Crippen LogP contribution in [0.2, 0.25) is 0 Å². The molecular formula is C17H26N2. The first-order valence-electron chi connectivity index (χ1n) is 7.83. The third-order valence-corrected chi connectivity index (χ3v) is 4.37. The van der Waals surface area contributed by atoms with Crippen LogP contribution in [0, 0.1) is 0 Å². The molecule has 1 aliphatic heterocycles. The topological polar surface area (TPSA) is 15.3 Å². The molecule has 1 aliphatic carbocycles. The maximum Gasteiger partial charge on any atom is 0.0369 e. The fourth-order valence-corrected chi connectivity index (χ4v) is 3.01. The van der Waals surface area contributed by atoms with Crippen LogP contribution in [0.4, 0.5) is 5.69 Å². The van der Waals surface area contributed by atoms with Gasteiger partial charge in [-0.1, -0.05) is 26.0 Å². The summed E-state index contributed by atoms with van der Waals surface area (Å²) in [7, 11) is 0. The summed E-state index contributed by atoms with van der Waals surface area (Å²) >= 11 is 0. The molecule has 1 saturated carbocycles. The van der Waals surface area contributed by atoms with E-state index in [2.05, 4.69) is 48.3 Å². The highest BCUT2D eigenvalue weighted by Crippen LogP contribution is 2.26. The minimum absolute atomic E-state index is 0.616. The molecule has 2 aliphatic rings. The van der Waals surface area contributed by atoms with Gasteiger partial charge in [0, 0.05) is 30.9 Å². The summed E-state index contributed by atoms with van der Waals surface area (Å²) in [5.41, 5.74) is 2.86. The summed E-state index contributed by atoms with van der Waals surface area (Å²) in [5, 5.41) is 3.79. The van der Waals surface area contributed by atoms with E-state index in [1.807, 2.05) is 0 Å². The predicted octanol–water partition coefficient (Wildman–Crippen LogP) is 3.53. The Balaban J connectivity index is 1.68. The highest BCUT2D eigenvalue weighted by molar-refractivity contribution is 5.49. The lowest BCUT2D eigenvalue weighted by atomic mass is 10.0. The van der Waals surface area contributed by atoms with Gasteiger partial charge >= 0.3 is 0 Å². The smallest absolute Gasteiger partial charge is 0.0369 e. The van der Waals surface area contributed by atoms with Crippen LogP contribution >= 0.6 is 0 Å². The maximum atomic E-state index is 3.79. The molecule has 1 saturated heterocycles. The molecule has 2 nitrogen and oxygen atoms in total. The zero-order valence-corrected chi connectivity index (χ0v) is 12.2. The van der Waals surface area contributed by atoms with E-state index >= 15 is 0 Å². The van der Waals surface area contributed by atoms with E-state index in [1.54, 1.807) is 0 Å². The molecule has 1 aromatic rings. The van der Waals surface area contributed by atoms with Crippen molar-refractivity contribution in [2.75, 3.05) is 18.0 Å². The van der Waals surface area contributed by atoms with Crippen molar-refractivity contribution in [3.8, 4) is 0 Å². The monoisotopic (exact) mass is 258 g/mol. The lowest BCUT2D eigenvalue weighted by Gasteiger charge is -2.35. The van der Waals surface area contributed by atoms with Crippen molar-refractivity contribution in [3.63, 3.8) is 0 Å². The highest BCUT2D eigenvalue weighted by Gasteiger charge is 2.27. The van der Waals surface area contributed by atoms with Gasteiger partial charge in [0.1, 0.15) is 0 Å². The lowest BCUT2D eigenvalue weighted by Crippen LogP contribution is -2.46. The van der Waals surface area contributed by atoms with E-state index in [-0.39, 0.29) is 0 Å². The van der Waals surface area contributed by atoms with Crippen LogP contribution in [-0.2, 0) is 0 Å². The van der Waals surface area contributed by atoms with Gasteiger partial charge in [-0.05, 0) is 49.3 Å². The summed E-state index contributed by atoms with van der Waals surface area (Å²) in [6.07, 6.45) is 5.44. The SMILES string of the molecule is CC(C)c1cccc(N2CCCC(NC3CC3)C2)c1. The molecule has 0 amide bonds. The second-order valence-electron chi connectivity index (χ2n) is 6.48. The number of nitrogens with zero attached hydrogens (tertiary/aromatic N) is 1. The molecule has 1 heterocycles. The molecular weight excluding hydrogens is 232 g/mol. The van der Waals surface area contributed by atoms with Gasteiger partial charge in [0.05, 0.1) is 0 Å². The standard InChI is InChI=1S/C17H26N2/c1-13(2)14-5-3-7-17(11-14)19-10-4-6-16(12-19)18-15-8-9-15/h3,5,7,11,13,15-16,18H,4,6,8-10,12H2,1-2H3. The van der Waals surface area contributed by atoms with Crippen molar-refractivity contribution < 1.29 is 0 Å². The highest BCUT2D eigenvalue weighted by atomic mass is 15.2. The van der Waals surface area contributed by atoms with Gasteiger partial charge in [-0.3, -0.25) is 0 Å². The van der Waals surface area contributed by atoms with E-state index in [4.69, 9.17) is 0 Å². The van der Waals surface area contributed by atoms with Crippen LogP contribution in [0.15, 0.2) is 24.3 Å².